The Morgan fingerprint density at radius 3 is 2.22 bits per heavy atom. The largest absolute Gasteiger partial charge is 0.399 e. The second kappa shape index (κ2) is 7.82. The first kappa shape index (κ1) is 19.0. The van der Waals surface area contributed by atoms with Gasteiger partial charge in [0.2, 0.25) is 0 Å². The highest BCUT2D eigenvalue weighted by atomic mass is 16.2. The lowest BCUT2D eigenvalue weighted by molar-refractivity contribution is 0.0623. The van der Waals surface area contributed by atoms with Crippen LogP contribution in [-0.2, 0) is 0 Å². The normalized spacial score (nSPS) is 19.6. The van der Waals surface area contributed by atoms with Crippen LogP contribution in [0.2, 0.25) is 0 Å². The van der Waals surface area contributed by atoms with Crippen LogP contribution in [0.25, 0.3) is 0 Å². The summed E-state index contributed by atoms with van der Waals surface area (Å²) in [6.45, 7) is 7.85. The third kappa shape index (κ3) is 4.48. The fraction of sp³-hybridized carbons (Fsp3) is 0.364. The van der Waals surface area contributed by atoms with E-state index in [4.69, 9.17) is 5.73 Å². The van der Waals surface area contributed by atoms with Crippen molar-refractivity contribution in [2.75, 3.05) is 24.1 Å². The van der Waals surface area contributed by atoms with E-state index in [-0.39, 0.29) is 11.8 Å². The van der Waals surface area contributed by atoms with Gasteiger partial charge in [-0.1, -0.05) is 19.9 Å². The highest BCUT2D eigenvalue weighted by Gasteiger charge is 2.26. The molecular weight excluding hydrogens is 338 g/mol. The number of nitrogen functional groups attached to an aromatic ring is 1. The van der Waals surface area contributed by atoms with Crippen molar-refractivity contribution in [3.8, 4) is 0 Å². The van der Waals surface area contributed by atoms with Gasteiger partial charge in [-0.2, -0.15) is 0 Å². The molecule has 0 saturated carbocycles. The van der Waals surface area contributed by atoms with Gasteiger partial charge in [-0.3, -0.25) is 9.59 Å². The van der Waals surface area contributed by atoms with Crippen molar-refractivity contribution >= 4 is 23.2 Å². The monoisotopic (exact) mass is 365 g/mol. The van der Waals surface area contributed by atoms with Gasteiger partial charge in [0, 0.05) is 35.6 Å². The van der Waals surface area contributed by atoms with Crippen molar-refractivity contribution in [3.05, 3.63) is 59.2 Å². The molecule has 2 unspecified atom stereocenters. The van der Waals surface area contributed by atoms with Crippen LogP contribution in [0.4, 0.5) is 11.4 Å². The number of rotatable bonds is 3. The maximum absolute atomic E-state index is 12.9. The van der Waals surface area contributed by atoms with Crippen LogP contribution in [0.15, 0.2) is 42.5 Å². The molecule has 3 rings (SSSR count). The first-order valence-corrected chi connectivity index (χ1v) is 9.40. The molecule has 1 saturated heterocycles. The second-order valence-electron chi connectivity index (χ2n) is 7.76. The van der Waals surface area contributed by atoms with Crippen molar-refractivity contribution in [2.24, 2.45) is 11.8 Å². The molecule has 27 heavy (non-hydrogen) atoms. The molecule has 3 N–H and O–H groups in total. The molecule has 1 heterocycles. The summed E-state index contributed by atoms with van der Waals surface area (Å²) in [5, 5.41) is 2.91. The number of carbonyl (C=O) groups is 2. The molecule has 0 bridgehead atoms. The van der Waals surface area contributed by atoms with E-state index in [1.807, 2.05) is 24.0 Å². The van der Waals surface area contributed by atoms with E-state index in [0.717, 1.165) is 25.1 Å². The Labute approximate surface area is 160 Å². The van der Waals surface area contributed by atoms with E-state index in [9.17, 15) is 9.59 Å². The number of amides is 2. The van der Waals surface area contributed by atoms with Gasteiger partial charge in [-0.05, 0) is 67.1 Å². The lowest BCUT2D eigenvalue weighted by Crippen LogP contribution is -2.42. The average molecular weight is 365 g/mol. The van der Waals surface area contributed by atoms with Crippen LogP contribution >= 0.6 is 0 Å². The predicted octanol–water partition coefficient (Wildman–Crippen LogP) is 3.95. The molecule has 5 heteroatoms. The summed E-state index contributed by atoms with van der Waals surface area (Å²) < 4.78 is 0. The average Bonchev–Trinajstić information content (AvgIpc) is 2.62. The van der Waals surface area contributed by atoms with E-state index < -0.39 is 0 Å². The quantitative estimate of drug-likeness (QED) is 0.809. The second-order valence-corrected chi connectivity index (χ2v) is 7.76. The molecule has 0 aliphatic carbocycles. The summed E-state index contributed by atoms with van der Waals surface area (Å²) in [4.78, 5) is 27.4. The number of anilines is 2. The number of piperidine rings is 1. The van der Waals surface area contributed by atoms with Crippen LogP contribution < -0.4 is 11.1 Å². The zero-order valence-electron chi connectivity index (χ0n) is 16.2. The molecule has 142 valence electrons. The standard InChI is InChI=1S/C22H27N3O2/c1-14-10-15(2)13-25(12-14)22(27)18-5-4-16(3)20(11-18)24-21(26)17-6-8-19(23)9-7-17/h4-9,11,14-15H,10,12-13,23H2,1-3H3,(H,24,26). The van der Waals surface area contributed by atoms with Crippen molar-refractivity contribution in [1.29, 1.82) is 0 Å². The molecule has 1 fully saturated rings. The third-order valence-corrected chi connectivity index (χ3v) is 5.06. The van der Waals surface area contributed by atoms with Crippen molar-refractivity contribution in [3.63, 3.8) is 0 Å². The molecular formula is C22H27N3O2. The number of hydrogen-bond acceptors (Lipinski definition) is 3. The number of nitrogens with zero attached hydrogens (tertiary/aromatic N) is 1. The highest BCUT2D eigenvalue weighted by Crippen LogP contribution is 2.24. The lowest BCUT2D eigenvalue weighted by atomic mass is 9.91. The molecule has 0 spiro atoms. The van der Waals surface area contributed by atoms with E-state index in [1.54, 1.807) is 30.3 Å². The van der Waals surface area contributed by atoms with Gasteiger partial charge < -0.3 is 16.0 Å². The Morgan fingerprint density at radius 2 is 1.59 bits per heavy atom. The van der Waals surface area contributed by atoms with E-state index >= 15 is 0 Å². The predicted molar refractivity (Wildman–Crippen MR) is 109 cm³/mol. The van der Waals surface area contributed by atoms with Crippen LogP contribution in [0, 0.1) is 18.8 Å². The summed E-state index contributed by atoms with van der Waals surface area (Å²) in [5.41, 5.74) is 8.98. The topological polar surface area (TPSA) is 75.4 Å². The number of benzene rings is 2. The molecule has 1 aliphatic rings. The first-order chi connectivity index (χ1) is 12.8. The zero-order valence-corrected chi connectivity index (χ0v) is 16.2. The van der Waals surface area contributed by atoms with E-state index in [0.29, 0.717) is 34.3 Å². The minimum Gasteiger partial charge on any atom is -0.399 e. The Morgan fingerprint density at radius 1 is 1.00 bits per heavy atom. The van der Waals surface area contributed by atoms with Crippen molar-refractivity contribution in [1.82, 2.24) is 4.90 Å². The molecule has 0 aromatic heterocycles. The highest BCUT2D eigenvalue weighted by molar-refractivity contribution is 6.05. The Hall–Kier alpha value is -2.82. The number of likely N-dealkylation sites (tertiary alicyclic amines) is 1. The minimum absolute atomic E-state index is 0.0244. The first-order valence-electron chi connectivity index (χ1n) is 9.40. The summed E-state index contributed by atoms with van der Waals surface area (Å²) in [6, 6.07) is 12.2. The maximum atomic E-state index is 12.9. The maximum Gasteiger partial charge on any atom is 0.255 e. The van der Waals surface area contributed by atoms with Gasteiger partial charge in [-0.25, -0.2) is 0 Å². The van der Waals surface area contributed by atoms with Gasteiger partial charge in [0.05, 0.1) is 0 Å². The molecule has 2 aromatic carbocycles. The Balaban J connectivity index is 1.78. The fourth-order valence-electron chi connectivity index (χ4n) is 3.73. The minimum atomic E-state index is -0.220. The number of carbonyl (C=O) groups excluding carboxylic acids is 2. The molecule has 5 nitrogen and oxygen atoms in total. The molecule has 2 amide bonds. The van der Waals surface area contributed by atoms with Crippen molar-refractivity contribution < 1.29 is 9.59 Å². The number of nitrogens with one attached hydrogen (secondary N) is 1. The van der Waals surface area contributed by atoms with Gasteiger partial charge >= 0.3 is 0 Å². The zero-order chi connectivity index (χ0) is 19.6. The van der Waals surface area contributed by atoms with Crippen LogP contribution in [0.1, 0.15) is 46.5 Å². The van der Waals surface area contributed by atoms with E-state index in [2.05, 4.69) is 19.2 Å². The summed E-state index contributed by atoms with van der Waals surface area (Å²) in [7, 11) is 0. The van der Waals surface area contributed by atoms with Gasteiger partial charge in [0.1, 0.15) is 0 Å². The number of nitrogens with two attached hydrogens (primary N) is 1. The van der Waals surface area contributed by atoms with Gasteiger partial charge in [0.25, 0.3) is 11.8 Å². The summed E-state index contributed by atoms with van der Waals surface area (Å²) in [6.07, 6.45) is 1.15. The molecule has 1 aliphatic heterocycles. The fourth-order valence-corrected chi connectivity index (χ4v) is 3.73. The summed E-state index contributed by atoms with van der Waals surface area (Å²) >= 11 is 0. The number of aryl methyl sites for hydroxylation is 1. The molecule has 2 aromatic rings. The number of hydrogen-bond donors (Lipinski definition) is 2. The van der Waals surface area contributed by atoms with Gasteiger partial charge in [0.15, 0.2) is 0 Å². The summed E-state index contributed by atoms with van der Waals surface area (Å²) in [5.74, 6) is 0.819. The van der Waals surface area contributed by atoms with E-state index in [1.165, 1.54) is 0 Å². The van der Waals surface area contributed by atoms with Gasteiger partial charge in [-0.15, -0.1) is 0 Å². The Bertz CT molecular complexity index is 835. The van der Waals surface area contributed by atoms with Crippen LogP contribution in [0.5, 0.6) is 0 Å². The van der Waals surface area contributed by atoms with Crippen LogP contribution in [-0.4, -0.2) is 29.8 Å². The van der Waals surface area contributed by atoms with Crippen molar-refractivity contribution in [2.45, 2.75) is 27.2 Å². The third-order valence-electron chi connectivity index (χ3n) is 5.06. The smallest absolute Gasteiger partial charge is 0.255 e. The van der Waals surface area contributed by atoms with Crippen LogP contribution in [0.3, 0.4) is 0 Å². The Kier molecular flexibility index (Phi) is 5.49. The SMILES string of the molecule is Cc1ccc(C(=O)N2CC(C)CC(C)C2)cc1NC(=O)c1ccc(N)cc1. The molecule has 0 radical (unpaired) electrons. The lowest BCUT2D eigenvalue weighted by Gasteiger charge is -2.35. The molecule has 2 atom stereocenters.